The predicted molar refractivity (Wildman–Crippen MR) is 76.6 cm³/mol. The third kappa shape index (κ3) is 1.84. The Bertz CT molecular complexity index is 690. The van der Waals surface area contributed by atoms with Crippen molar-refractivity contribution in [3.8, 4) is 10.6 Å². The van der Waals surface area contributed by atoms with Crippen LogP contribution < -0.4 is 5.73 Å². The van der Waals surface area contributed by atoms with Gasteiger partial charge in [0, 0.05) is 22.5 Å². The van der Waals surface area contributed by atoms with Crippen LogP contribution in [0.4, 0.5) is 5.82 Å². The van der Waals surface area contributed by atoms with E-state index in [1.807, 2.05) is 23.7 Å². The highest BCUT2D eigenvalue weighted by atomic mass is 32.1. The van der Waals surface area contributed by atoms with Gasteiger partial charge in [0.25, 0.3) is 0 Å². The van der Waals surface area contributed by atoms with Crippen LogP contribution >= 0.6 is 11.3 Å². The molecule has 3 rings (SSSR count). The van der Waals surface area contributed by atoms with Crippen molar-refractivity contribution in [2.45, 2.75) is 13.3 Å². The molecule has 0 aliphatic carbocycles. The number of fused-ring (bicyclic) bond motifs is 1. The lowest BCUT2D eigenvalue weighted by Crippen LogP contribution is -1.97. The highest BCUT2D eigenvalue weighted by molar-refractivity contribution is 7.13. The summed E-state index contributed by atoms with van der Waals surface area (Å²) in [6.07, 6.45) is 2.72. The van der Waals surface area contributed by atoms with Crippen molar-refractivity contribution >= 4 is 28.1 Å². The topological polar surface area (TPSA) is 51.8 Å². The number of aromatic nitrogens is 2. The van der Waals surface area contributed by atoms with Gasteiger partial charge in [-0.05, 0) is 36.2 Å². The summed E-state index contributed by atoms with van der Waals surface area (Å²) in [4.78, 5) is 8.76. The lowest BCUT2D eigenvalue weighted by Gasteiger charge is -2.06. The average Bonchev–Trinajstić information content (AvgIpc) is 2.91. The van der Waals surface area contributed by atoms with E-state index < -0.39 is 0 Å². The van der Waals surface area contributed by atoms with Gasteiger partial charge in [0.1, 0.15) is 10.8 Å². The molecular formula is C14H13N3S. The molecule has 0 fully saturated rings. The molecule has 0 aliphatic heterocycles. The van der Waals surface area contributed by atoms with Gasteiger partial charge >= 0.3 is 0 Å². The zero-order valence-electron chi connectivity index (χ0n) is 10.1. The summed E-state index contributed by atoms with van der Waals surface area (Å²) >= 11 is 1.64. The van der Waals surface area contributed by atoms with E-state index in [0.29, 0.717) is 5.82 Å². The first-order valence-electron chi connectivity index (χ1n) is 5.87. The summed E-state index contributed by atoms with van der Waals surface area (Å²) < 4.78 is 0. The maximum absolute atomic E-state index is 5.91. The fourth-order valence-corrected chi connectivity index (χ4v) is 2.65. The van der Waals surface area contributed by atoms with E-state index in [1.54, 1.807) is 11.3 Å². The van der Waals surface area contributed by atoms with Crippen LogP contribution in [-0.4, -0.2) is 9.97 Å². The first-order chi connectivity index (χ1) is 8.78. The van der Waals surface area contributed by atoms with Gasteiger partial charge in [-0.25, -0.2) is 9.97 Å². The molecule has 2 heterocycles. The van der Waals surface area contributed by atoms with Crippen LogP contribution in [0.15, 0.2) is 35.8 Å². The second kappa shape index (κ2) is 4.38. The summed E-state index contributed by atoms with van der Waals surface area (Å²) in [5.41, 5.74) is 9.07. The number of thiazole rings is 1. The number of nitrogens with zero attached hydrogens (tertiary/aromatic N) is 2. The number of nitrogens with two attached hydrogens (primary N) is 1. The molecule has 3 aromatic rings. The zero-order valence-corrected chi connectivity index (χ0v) is 10.9. The lowest BCUT2D eigenvalue weighted by atomic mass is 10.1. The van der Waals surface area contributed by atoms with Crippen molar-refractivity contribution in [1.29, 1.82) is 0 Å². The molecule has 0 amide bonds. The second-order valence-corrected chi connectivity index (χ2v) is 5.03. The number of benzene rings is 1. The summed E-state index contributed by atoms with van der Waals surface area (Å²) in [5.74, 6) is 0.631. The first kappa shape index (κ1) is 11.2. The maximum atomic E-state index is 5.91. The van der Waals surface area contributed by atoms with Crippen molar-refractivity contribution in [2.75, 3.05) is 5.73 Å². The Morgan fingerprint density at radius 2 is 2.17 bits per heavy atom. The number of rotatable bonds is 2. The van der Waals surface area contributed by atoms with Gasteiger partial charge in [0.05, 0.1) is 5.52 Å². The van der Waals surface area contributed by atoms with Crippen LogP contribution in [0.25, 0.3) is 21.5 Å². The molecule has 2 aromatic heterocycles. The minimum Gasteiger partial charge on any atom is -0.383 e. The van der Waals surface area contributed by atoms with Crippen LogP contribution in [0, 0.1) is 0 Å². The minimum absolute atomic E-state index is 0.631. The minimum atomic E-state index is 0.631. The summed E-state index contributed by atoms with van der Waals surface area (Å²) in [5, 5.41) is 4.14. The van der Waals surface area contributed by atoms with Crippen LogP contribution in [0.2, 0.25) is 0 Å². The SMILES string of the molecule is CCc1cc2cc(-c3nccs3)ccc2nc1N. The van der Waals surface area contributed by atoms with E-state index in [2.05, 4.69) is 29.0 Å². The monoisotopic (exact) mass is 255 g/mol. The molecule has 90 valence electrons. The van der Waals surface area contributed by atoms with Crippen LogP contribution in [0.5, 0.6) is 0 Å². The zero-order chi connectivity index (χ0) is 12.5. The fraction of sp³-hybridized carbons (Fsp3) is 0.143. The van der Waals surface area contributed by atoms with Crippen molar-refractivity contribution in [1.82, 2.24) is 9.97 Å². The number of pyridine rings is 1. The van der Waals surface area contributed by atoms with Gasteiger partial charge in [-0.1, -0.05) is 6.92 Å². The Kier molecular flexibility index (Phi) is 2.72. The molecular weight excluding hydrogens is 242 g/mol. The molecule has 0 bridgehead atoms. The Balaban J connectivity index is 2.20. The standard InChI is InChI=1S/C14H13N3S/c1-2-9-7-11-8-10(14-16-5-6-18-14)3-4-12(11)17-13(9)15/h3-8H,2H2,1H3,(H2,15,17). The van der Waals surface area contributed by atoms with Crippen molar-refractivity contribution in [2.24, 2.45) is 0 Å². The quantitative estimate of drug-likeness (QED) is 0.762. The highest BCUT2D eigenvalue weighted by Gasteiger charge is 2.05. The number of hydrogen-bond donors (Lipinski definition) is 1. The van der Waals surface area contributed by atoms with Crippen LogP contribution in [-0.2, 0) is 6.42 Å². The third-order valence-electron chi connectivity index (χ3n) is 2.99. The van der Waals surface area contributed by atoms with Gasteiger partial charge in [0.2, 0.25) is 0 Å². The van der Waals surface area contributed by atoms with Gasteiger partial charge < -0.3 is 5.73 Å². The highest BCUT2D eigenvalue weighted by Crippen LogP contribution is 2.27. The van der Waals surface area contributed by atoms with E-state index in [-0.39, 0.29) is 0 Å². The van der Waals surface area contributed by atoms with Crippen LogP contribution in [0.3, 0.4) is 0 Å². The van der Waals surface area contributed by atoms with Crippen molar-refractivity contribution in [3.05, 3.63) is 41.4 Å². The maximum Gasteiger partial charge on any atom is 0.127 e. The Hall–Kier alpha value is -1.94. The molecule has 0 saturated heterocycles. The van der Waals surface area contributed by atoms with E-state index in [0.717, 1.165) is 33.5 Å². The van der Waals surface area contributed by atoms with Gasteiger partial charge in [-0.2, -0.15) is 0 Å². The van der Waals surface area contributed by atoms with Crippen molar-refractivity contribution < 1.29 is 0 Å². The Morgan fingerprint density at radius 3 is 2.89 bits per heavy atom. The van der Waals surface area contributed by atoms with Gasteiger partial charge in [-0.15, -0.1) is 11.3 Å². The summed E-state index contributed by atoms with van der Waals surface area (Å²) in [6.45, 7) is 2.09. The van der Waals surface area contributed by atoms with Gasteiger partial charge in [0.15, 0.2) is 0 Å². The smallest absolute Gasteiger partial charge is 0.127 e. The number of hydrogen-bond acceptors (Lipinski definition) is 4. The molecule has 0 spiro atoms. The molecule has 1 aromatic carbocycles. The number of anilines is 1. The first-order valence-corrected chi connectivity index (χ1v) is 6.75. The van der Waals surface area contributed by atoms with Gasteiger partial charge in [-0.3, -0.25) is 0 Å². The molecule has 0 saturated carbocycles. The van der Waals surface area contributed by atoms with E-state index >= 15 is 0 Å². The van der Waals surface area contributed by atoms with E-state index in [4.69, 9.17) is 5.73 Å². The summed E-state index contributed by atoms with van der Waals surface area (Å²) in [6, 6.07) is 8.29. The summed E-state index contributed by atoms with van der Waals surface area (Å²) in [7, 11) is 0. The molecule has 18 heavy (non-hydrogen) atoms. The Labute approximate surface area is 109 Å². The van der Waals surface area contributed by atoms with E-state index in [9.17, 15) is 0 Å². The van der Waals surface area contributed by atoms with Crippen LogP contribution in [0.1, 0.15) is 12.5 Å². The molecule has 2 N–H and O–H groups in total. The predicted octanol–water partition coefficient (Wildman–Crippen LogP) is 3.50. The molecule has 0 atom stereocenters. The molecule has 3 nitrogen and oxygen atoms in total. The molecule has 4 heteroatoms. The third-order valence-corrected chi connectivity index (χ3v) is 3.81. The number of aryl methyl sites for hydroxylation is 1. The normalized spacial score (nSPS) is 10.9. The molecule has 0 aliphatic rings. The largest absolute Gasteiger partial charge is 0.383 e. The Morgan fingerprint density at radius 1 is 1.28 bits per heavy atom. The van der Waals surface area contributed by atoms with E-state index in [1.165, 1.54) is 0 Å². The molecule has 0 unspecified atom stereocenters. The fourth-order valence-electron chi connectivity index (χ4n) is 2.02. The lowest BCUT2D eigenvalue weighted by molar-refractivity contribution is 1.13. The number of nitrogen functional groups attached to an aromatic ring is 1. The average molecular weight is 255 g/mol. The van der Waals surface area contributed by atoms with Crippen molar-refractivity contribution in [3.63, 3.8) is 0 Å². The second-order valence-electron chi connectivity index (χ2n) is 4.13. The molecule has 0 radical (unpaired) electrons.